The van der Waals surface area contributed by atoms with Gasteiger partial charge >= 0.3 is 0 Å². The van der Waals surface area contributed by atoms with E-state index in [1.807, 2.05) is 0 Å². The first-order valence-corrected chi connectivity index (χ1v) is 6.34. The van der Waals surface area contributed by atoms with Crippen molar-refractivity contribution in [1.82, 2.24) is 0 Å². The number of ether oxygens (including phenoxy) is 2. The number of phenolic OH excluding ortho intramolecular Hbond substituents is 1. The van der Waals surface area contributed by atoms with Crippen LogP contribution in [0.25, 0.3) is 0 Å². The predicted molar refractivity (Wildman–Crippen MR) is 77.8 cm³/mol. The van der Waals surface area contributed by atoms with Gasteiger partial charge in [0.25, 0.3) is 5.91 Å². The first-order chi connectivity index (χ1) is 10.0. The second-order valence-corrected chi connectivity index (χ2v) is 4.75. The van der Waals surface area contributed by atoms with Crippen molar-refractivity contribution in [3.63, 3.8) is 0 Å². The molecule has 108 valence electrons. The van der Waals surface area contributed by atoms with Crippen molar-refractivity contribution >= 4 is 17.3 Å². The Labute approximate surface area is 121 Å². The lowest BCUT2D eigenvalue weighted by molar-refractivity contribution is 0.102. The highest BCUT2D eigenvalue weighted by Gasteiger charge is 2.18. The maximum atomic E-state index is 12.2. The van der Waals surface area contributed by atoms with Gasteiger partial charge in [-0.05, 0) is 24.6 Å². The van der Waals surface area contributed by atoms with Gasteiger partial charge in [-0.25, -0.2) is 0 Å². The fourth-order valence-corrected chi connectivity index (χ4v) is 2.01. The van der Waals surface area contributed by atoms with Crippen LogP contribution in [0.5, 0.6) is 17.2 Å². The van der Waals surface area contributed by atoms with Crippen molar-refractivity contribution in [2.24, 2.45) is 0 Å². The van der Waals surface area contributed by atoms with E-state index in [-0.39, 0.29) is 18.4 Å². The van der Waals surface area contributed by atoms with Gasteiger partial charge in [0.1, 0.15) is 5.75 Å². The minimum atomic E-state index is -0.365. The second kappa shape index (κ2) is 4.90. The molecule has 0 atom stereocenters. The zero-order valence-corrected chi connectivity index (χ0v) is 11.3. The third-order valence-electron chi connectivity index (χ3n) is 3.26. The Morgan fingerprint density at radius 3 is 2.67 bits per heavy atom. The smallest absolute Gasteiger partial charge is 0.255 e. The van der Waals surface area contributed by atoms with Crippen LogP contribution in [0.3, 0.4) is 0 Å². The molecule has 1 heterocycles. The van der Waals surface area contributed by atoms with Crippen LogP contribution < -0.4 is 20.5 Å². The normalized spacial score (nSPS) is 12.2. The van der Waals surface area contributed by atoms with E-state index >= 15 is 0 Å². The Bertz CT molecular complexity index is 728. The largest absolute Gasteiger partial charge is 0.508 e. The van der Waals surface area contributed by atoms with E-state index in [2.05, 4.69) is 5.32 Å². The van der Waals surface area contributed by atoms with E-state index in [4.69, 9.17) is 15.2 Å². The summed E-state index contributed by atoms with van der Waals surface area (Å²) in [6.45, 7) is 1.89. The molecule has 0 aromatic heterocycles. The number of benzene rings is 2. The van der Waals surface area contributed by atoms with Gasteiger partial charge in [-0.3, -0.25) is 4.79 Å². The minimum Gasteiger partial charge on any atom is -0.508 e. The molecule has 0 radical (unpaired) electrons. The van der Waals surface area contributed by atoms with Crippen molar-refractivity contribution in [3.05, 3.63) is 41.5 Å². The van der Waals surface area contributed by atoms with Crippen LogP contribution in [0.4, 0.5) is 11.4 Å². The Morgan fingerprint density at radius 1 is 1.24 bits per heavy atom. The fraction of sp³-hybridized carbons (Fsp3) is 0.133. The highest BCUT2D eigenvalue weighted by Crippen LogP contribution is 2.38. The number of anilines is 2. The number of phenols is 1. The van der Waals surface area contributed by atoms with Gasteiger partial charge in [0.2, 0.25) is 6.79 Å². The topological polar surface area (TPSA) is 93.8 Å². The molecule has 6 heteroatoms. The summed E-state index contributed by atoms with van der Waals surface area (Å²) in [5.41, 5.74) is 7.73. The Kier molecular flexibility index (Phi) is 3.06. The number of aromatic hydroxyl groups is 1. The van der Waals surface area contributed by atoms with Crippen LogP contribution in [0, 0.1) is 6.92 Å². The van der Waals surface area contributed by atoms with Crippen molar-refractivity contribution < 1.29 is 19.4 Å². The first-order valence-electron chi connectivity index (χ1n) is 6.34. The van der Waals surface area contributed by atoms with Gasteiger partial charge in [0.15, 0.2) is 11.5 Å². The van der Waals surface area contributed by atoms with E-state index in [9.17, 15) is 9.90 Å². The Balaban J connectivity index is 1.86. The molecule has 1 aliphatic heterocycles. The molecule has 4 N–H and O–H groups in total. The van der Waals surface area contributed by atoms with E-state index < -0.39 is 0 Å². The molecule has 3 rings (SSSR count). The zero-order chi connectivity index (χ0) is 15.0. The molecule has 1 amide bonds. The quantitative estimate of drug-likeness (QED) is 0.736. The van der Waals surface area contributed by atoms with E-state index in [1.54, 1.807) is 31.2 Å². The highest BCUT2D eigenvalue weighted by molar-refractivity contribution is 6.06. The number of nitrogen functional groups attached to an aromatic ring is 1. The first kappa shape index (κ1) is 13.1. The van der Waals surface area contributed by atoms with Crippen LogP contribution in [0.2, 0.25) is 0 Å². The molecule has 0 bridgehead atoms. The SMILES string of the molecule is Cc1ccc(C(=O)Nc2cc3c(cc2N)OCO3)cc1O. The van der Waals surface area contributed by atoms with Gasteiger partial charge in [0.05, 0.1) is 11.4 Å². The molecular formula is C15H14N2O4. The van der Waals surface area contributed by atoms with Gasteiger partial charge in [-0.15, -0.1) is 0 Å². The lowest BCUT2D eigenvalue weighted by Crippen LogP contribution is -2.13. The highest BCUT2D eigenvalue weighted by atomic mass is 16.7. The molecule has 0 unspecified atom stereocenters. The molecule has 0 saturated heterocycles. The monoisotopic (exact) mass is 286 g/mol. The van der Waals surface area contributed by atoms with Crippen LogP contribution in [-0.2, 0) is 0 Å². The Morgan fingerprint density at radius 2 is 1.95 bits per heavy atom. The summed E-state index contributed by atoms with van der Waals surface area (Å²) in [5, 5.41) is 12.3. The van der Waals surface area contributed by atoms with Crippen molar-refractivity contribution in [2.45, 2.75) is 6.92 Å². The van der Waals surface area contributed by atoms with Crippen LogP contribution in [0.15, 0.2) is 30.3 Å². The third-order valence-corrected chi connectivity index (χ3v) is 3.26. The summed E-state index contributed by atoms with van der Waals surface area (Å²) >= 11 is 0. The summed E-state index contributed by atoms with van der Waals surface area (Å²) in [6.07, 6.45) is 0. The summed E-state index contributed by atoms with van der Waals surface area (Å²) < 4.78 is 10.5. The summed E-state index contributed by atoms with van der Waals surface area (Å²) in [4.78, 5) is 12.2. The van der Waals surface area contributed by atoms with Gasteiger partial charge in [-0.1, -0.05) is 6.07 Å². The number of hydrogen-bond acceptors (Lipinski definition) is 5. The number of carbonyl (C=O) groups excluding carboxylic acids is 1. The van der Waals surface area contributed by atoms with Gasteiger partial charge in [-0.2, -0.15) is 0 Å². The number of nitrogens with one attached hydrogen (secondary N) is 1. The lowest BCUT2D eigenvalue weighted by Gasteiger charge is -2.10. The van der Waals surface area contributed by atoms with E-state index in [0.29, 0.717) is 34.0 Å². The number of fused-ring (bicyclic) bond motifs is 1. The third kappa shape index (κ3) is 2.43. The van der Waals surface area contributed by atoms with Crippen molar-refractivity contribution in [2.75, 3.05) is 17.8 Å². The molecular weight excluding hydrogens is 272 g/mol. The van der Waals surface area contributed by atoms with Crippen molar-refractivity contribution in [3.8, 4) is 17.2 Å². The lowest BCUT2D eigenvalue weighted by atomic mass is 10.1. The zero-order valence-electron chi connectivity index (χ0n) is 11.3. The number of hydrogen-bond donors (Lipinski definition) is 3. The van der Waals surface area contributed by atoms with E-state index in [1.165, 1.54) is 6.07 Å². The molecule has 6 nitrogen and oxygen atoms in total. The average Bonchev–Trinajstić information content (AvgIpc) is 2.89. The number of carbonyl (C=O) groups is 1. The van der Waals surface area contributed by atoms with Gasteiger partial charge in [0, 0.05) is 17.7 Å². The maximum absolute atomic E-state index is 12.2. The maximum Gasteiger partial charge on any atom is 0.255 e. The number of amides is 1. The minimum absolute atomic E-state index is 0.0707. The summed E-state index contributed by atoms with van der Waals surface area (Å²) in [7, 11) is 0. The molecule has 0 saturated carbocycles. The second-order valence-electron chi connectivity index (χ2n) is 4.75. The molecule has 0 fully saturated rings. The number of aryl methyl sites for hydroxylation is 1. The summed E-state index contributed by atoms with van der Waals surface area (Å²) in [6, 6.07) is 7.93. The van der Waals surface area contributed by atoms with Crippen LogP contribution >= 0.6 is 0 Å². The molecule has 2 aromatic rings. The molecule has 1 aliphatic rings. The Hall–Kier alpha value is -2.89. The van der Waals surface area contributed by atoms with Crippen LogP contribution in [0.1, 0.15) is 15.9 Å². The number of nitrogens with two attached hydrogens (primary N) is 1. The molecule has 21 heavy (non-hydrogen) atoms. The standard InChI is InChI=1S/C15H14N2O4/c1-8-2-3-9(4-12(8)18)15(19)17-11-6-14-13(5-10(11)16)20-7-21-14/h2-6,18H,7,16H2,1H3,(H,17,19). The number of rotatable bonds is 2. The molecule has 2 aromatic carbocycles. The van der Waals surface area contributed by atoms with E-state index in [0.717, 1.165) is 0 Å². The summed E-state index contributed by atoms with van der Waals surface area (Å²) in [5.74, 6) is 0.793. The van der Waals surface area contributed by atoms with Crippen molar-refractivity contribution in [1.29, 1.82) is 0 Å². The average molecular weight is 286 g/mol. The van der Waals surface area contributed by atoms with Crippen LogP contribution in [-0.4, -0.2) is 17.8 Å². The fourth-order valence-electron chi connectivity index (χ4n) is 2.01. The van der Waals surface area contributed by atoms with Gasteiger partial charge < -0.3 is 25.6 Å². The molecule has 0 spiro atoms. The predicted octanol–water partition coefficient (Wildman–Crippen LogP) is 2.26. The molecule has 0 aliphatic carbocycles.